The van der Waals surface area contributed by atoms with Gasteiger partial charge in [-0.25, -0.2) is 13.1 Å². The number of aryl methyl sites for hydroxylation is 2. The number of Topliss-reactive ketones (excluding diaryl/α,β-unsaturated/α-hetero) is 2. The van der Waals surface area contributed by atoms with Gasteiger partial charge in [0.1, 0.15) is 11.4 Å². The molecule has 17 heteroatoms. The van der Waals surface area contributed by atoms with Gasteiger partial charge < -0.3 is 15.5 Å². The SMILES string of the molecule is CC(=O)C(N=Nc1ccc(-c2ccc(N=NC(C(C)=O)C(=O)Nc3ccc(C)cc3C)c(Cl)c2)cc1Cl)C(=O)Nc1ccc(S(=O)(=O)NCCCN(C)C)cc1. The Morgan fingerprint density at radius 3 is 1.70 bits per heavy atom. The normalized spacial score (nSPS) is 12.9. The summed E-state index contributed by atoms with van der Waals surface area (Å²) in [5, 5.41) is 21.8. The number of benzene rings is 4. The maximum absolute atomic E-state index is 13.0. The van der Waals surface area contributed by atoms with Gasteiger partial charge in [0.05, 0.1) is 14.9 Å². The van der Waals surface area contributed by atoms with E-state index in [9.17, 15) is 27.6 Å². The largest absolute Gasteiger partial charge is 0.324 e. The number of anilines is 2. The molecule has 2 unspecified atom stereocenters. The van der Waals surface area contributed by atoms with Crippen molar-refractivity contribution in [2.75, 3.05) is 37.8 Å². The highest BCUT2D eigenvalue weighted by Crippen LogP contribution is 2.35. The standard InChI is InChI=1S/C39H42Cl2N8O6S/c1-23-8-15-33(24(2)20-23)44-39(53)37(26(4)51)48-46-35-17-10-28(22-32(35)41)27-9-16-34(31(40)21-27)45-47-36(25(3)50)38(52)43-29-11-13-30(14-12-29)56(54,55)42-18-7-19-49(5)6/h8-17,20-22,36-37,42H,7,18-19H2,1-6H3,(H,43,52)(H,44,53). The molecule has 0 saturated carbocycles. The average Bonchev–Trinajstić information content (AvgIpc) is 3.12. The molecule has 0 heterocycles. The Kier molecular flexibility index (Phi) is 15.2. The molecule has 2 atom stereocenters. The first-order chi connectivity index (χ1) is 26.4. The third-order valence-corrected chi connectivity index (χ3v) is 10.3. The van der Waals surface area contributed by atoms with Crippen LogP contribution in [0.3, 0.4) is 0 Å². The van der Waals surface area contributed by atoms with Crippen LogP contribution in [0.2, 0.25) is 10.0 Å². The highest BCUT2D eigenvalue weighted by molar-refractivity contribution is 7.89. The van der Waals surface area contributed by atoms with Crippen molar-refractivity contribution in [3.05, 3.63) is 100 Å². The van der Waals surface area contributed by atoms with Crippen LogP contribution in [0.4, 0.5) is 22.7 Å². The van der Waals surface area contributed by atoms with Crippen LogP contribution in [0.5, 0.6) is 0 Å². The number of amides is 2. The summed E-state index contributed by atoms with van der Waals surface area (Å²) >= 11 is 13.0. The molecule has 0 aliphatic heterocycles. The van der Waals surface area contributed by atoms with Crippen molar-refractivity contribution >= 4 is 79.4 Å². The maximum Gasteiger partial charge on any atom is 0.258 e. The van der Waals surface area contributed by atoms with Crippen LogP contribution >= 0.6 is 23.2 Å². The van der Waals surface area contributed by atoms with Gasteiger partial charge in [-0.05, 0) is 126 Å². The number of carbonyl (C=O) groups excluding carboxylic acids is 4. The van der Waals surface area contributed by atoms with Crippen molar-refractivity contribution in [3.63, 3.8) is 0 Å². The average molecular weight is 822 g/mol. The van der Waals surface area contributed by atoms with E-state index in [0.29, 0.717) is 23.2 Å². The maximum atomic E-state index is 13.0. The van der Waals surface area contributed by atoms with Gasteiger partial charge in [-0.15, -0.1) is 0 Å². The molecule has 0 fully saturated rings. The number of rotatable bonds is 17. The molecule has 0 aliphatic rings. The quantitative estimate of drug-likeness (QED) is 0.0548. The smallest absolute Gasteiger partial charge is 0.258 e. The van der Waals surface area contributed by atoms with Crippen molar-refractivity contribution in [1.29, 1.82) is 0 Å². The fourth-order valence-electron chi connectivity index (χ4n) is 5.18. The van der Waals surface area contributed by atoms with Crippen LogP contribution < -0.4 is 15.4 Å². The van der Waals surface area contributed by atoms with E-state index in [1.807, 2.05) is 45.0 Å². The first-order valence-electron chi connectivity index (χ1n) is 17.3. The van der Waals surface area contributed by atoms with E-state index in [1.165, 1.54) is 38.1 Å². The zero-order chi connectivity index (χ0) is 41.2. The monoisotopic (exact) mass is 820 g/mol. The number of halogens is 2. The summed E-state index contributed by atoms with van der Waals surface area (Å²) < 4.78 is 27.7. The lowest BCUT2D eigenvalue weighted by molar-refractivity contribution is -0.127. The summed E-state index contributed by atoms with van der Waals surface area (Å²) in [5.41, 5.74) is 4.40. The van der Waals surface area contributed by atoms with E-state index in [-0.39, 0.29) is 38.5 Å². The molecule has 56 heavy (non-hydrogen) atoms. The van der Waals surface area contributed by atoms with E-state index in [2.05, 4.69) is 35.8 Å². The van der Waals surface area contributed by atoms with E-state index in [4.69, 9.17) is 23.2 Å². The number of nitrogens with one attached hydrogen (secondary N) is 3. The van der Waals surface area contributed by atoms with Gasteiger partial charge in [0, 0.05) is 17.9 Å². The summed E-state index contributed by atoms with van der Waals surface area (Å²) in [7, 11) is 0.0578. The van der Waals surface area contributed by atoms with Crippen molar-refractivity contribution < 1.29 is 27.6 Å². The molecule has 294 valence electrons. The molecule has 0 aliphatic carbocycles. The molecule has 4 aromatic carbocycles. The number of ketones is 2. The van der Waals surface area contributed by atoms with Gasteiger partial charge >= 0.3 is 0 Å². The first kappa shape index (κ1) is 43.5. The number of azo groups is 2. The Bertz CT molecular complexity index is 2280. The fraction of sp³-hybridized carbons (Fsp3) is 0.282. The molecule has 3 N–H and O–H groups in total. The zero-order valence-electron chi connectivity index (χ0n) is 31.6. The molecule has 0 bridgehead atoms. The second-order valence-corrected chi connectivity index (χ2v) is 15.7. The number of carbonyl (C=O) groups is 4. The number of sulfonamides is 1. The Morgan fingerprint density at radius 2 is 1.23 bits per heavy atom. The van der Waals surface area contributed by atoms with Crippen molar-refractivity contribution in [3.8, 4) is 11.1 Å². The minimum atomic E-state index is -3.74. The molecule has 0 radical (unpaired) electrons. The Hall–Kier alpha value is -5.19. The summed E-state index contributed by atoms with van der Waals surface area (Å²) in [5.74, 6) is -2.47. The van der Waals surface area contributed by atoms with Crippen LogP contribution in [-0.4, -0.2) is 76.0 Å². The summed E-state index contributed by atoms with van der Waals surface area (Å²) in [6.07, 6.45) is 0.638. The van der Waals surface area contributed by atoms with Crippen molar-refractivity contribution in [2.45, 2.75) is 51.1 Å². The highest BCUT2D eigenvalue weighted by Gasteiger charge is 2.25. The van der Waals surface area contributed by atoms with Gasteiger partial charge in [0.2, 0.25) is 22.1 Å². The van der Waals surface area contributed by atoms with E-state index >= 15 is 0 Å². The molecule has 0 saturated heterocycles. The predicted molar refractivity (Wildman–Crippen MR) is 218 cm³/mol. The molecule has 2 amide bonds. The van der Waals surface area contributed by atoms with E-state index < -0.39 is 45.5 Å². The zero-order valence-corrected chi connectivity index (χ0v) is 34.0. The Balaban J connectivity index is 1.41. The number of hydrogen-bond donors (Lipinski definition) is 3. The second kappa shape index (κ2) is 19.6. The Morgan fingerprint density at radius 1 is 0.714 bits per heavy atom. The van der Waals surface area contributed by atoms with Crippen molar-refractivity contribution in [2.24, 2.45) is 20.5 Å². The highest BCUT2D eigenvalue weighted by atomic mass is 35.5. The lowest BCUT2D eigenvalue weighted by atomic mass is 10.0. The van der Waals surface area contributed by atoms with Crippen LogP contribution in [0.1, 0.15) is 31.4 Å². The van der Waals surface area contributed by atoms with Crippen LogP contribution in [-0.2, 0) is 29.2 Å². The molecule has 0 aromatic heterocycles. The minimum absolute atomic E-state index is 0.0264. The van der Waals surface area contributed by atoms with Gasteiger partial charge in [0.25, 0.3) is 11.8 Å². The fourth-order valence-corrected chi connectivity index (χ4v) is 6.69. The van der Waals surface area contributed by atoms with Crippen LogP contribution in [0.15, 0.2) is 104 Å². The Labute approximate surface area is 335 Å². The molecular formula is C39H42Cl2N8O6S. The van der Waals surface area contributed by atoms with E-state index in [1.54, 1.807) is 42.5 Å². The van der Waals surface area contributed by atoms with Crippen molar-refractivity contribution in [1.82, 2.24) is 9.62 Å². The number of nitrogens with zero attached hydrogens (tertiary/aromatic N) is 5. The van der Waals surface area contributed by atoms with Gasteiger partial charge in [-0.2, -0.15) is 20.5 Å². The molecule has 4 rings (SSSR count). The second-order valence-electron chi connectivity index (χ2n) is 13.2. The lowest BCUT2D eigenvalue weighted by Crippen LogP contribution is -2.32. The summed E-state index contributed by atoms with van der Waals surface area (Å²) in [6, 6.07) is 17.9. The summed E-state index contributed by atoms with van der Waals surface area (Å²) in [4.78, 5) is 52.6. The number of hydrogen-bond acceptors (Lipinski definition) is 11. The lowest BCUT2D eigenvalue weighted by Gasteiger charge is -2.12. The predicted octanol–water partition coefficient (Wildman–Crippen LogP) is 7.87. The van der Waals surface area contributed by atoms with Gasteiger partial charge in [-0.1, -0.05) is 53.0 Å². The minimum Gasteiger partial charge on any atom is -0.324 e. The molecule has 4 aromatic rings. The molecule has 14 nitrogen and oxygen atoms in total. The first-order valence-corrected chi connectivity index (χ1v) is 19.5. The summed E-state index contributed by atoms with van der Waals surface area (Å²) in [6.45, 7) is 7.23. The van der Waals surface area contributed by atoms with Crippen LogP contribution in [0, 0.1) is 13.8 Å². The molecule has 0 spiro atoms. The van der Waals surface area contributed by atoms with Gasteiger partial charge in [-0.3, -0.25) is 19.2 Å². The molecular weight excluding hydrogens is 779 g/mol. The van der Waals surface area contributed by atoms with Crippen LogP contribution in [0.25, 0.3) is 11.1 Å². The van der Waals surface area contributed by atoms with E-state index in [0.717, 1.165) is 17.7 Å². The third-order valence-electron chi connectivity index (χ3n) is 8.20. The topological polar surface area (TPSA) is 191 Å². The third kappa shape index (κ3) is 12.2. The van der Waals surface area contributed by atoms with Gasteiger partial charge in [0.15, 0.2) is 11.6 Å².